The molecule has 1 aliphatic heterocycles. The van der Waals surface area contributed by atoms with Crippen LogP contribution >= 0.6 is 0 Å². The number of pyridine rings is 1. The van der Waals surface area contributed by atoms with Gasteiger partial charge in [-0.2, -0.15) is 0 Å². The minimum atomic E-state index is 0.684. The molecule has 0 aliphatic carbocycles. The van der Waals surface area contributed by atoms with Crippen molar-refractivity contribution in [2.75, 3.05) is 19.6 Å². The van der Waals surface area contributed by atoms with Crippen LogP contribution in [0.15, 0.2) is 36.5 Å². The van der Waals surface area contributed by atoms with Gasteiger partial charge in [-0.3, -0.25) is 9.88 Å². The lowest BCUT2D eigenvalue weighted by Crippen LogP contribution is -2.45. The largest absolute Gasteiger partial charge is 0.315 e. The van der Waals surface area contributed by atoms with E-state index in [-0.39, 0.29) is 0 Å². The molecular formula is C18H25N3. The molecule has 1 fully saturated rings. The van der Waals surface area contributed by atoms with Gasteiger partial charge in [0, 0.05) is 30.7 Å². The van der Waals surface area contributed by atoms with E-state index in [1.165, 1.54) is 43.3 Å². The standard InChI is InChI=1S/C18H25N3/c1-2-11-21(17-6-4-9-19-13-17)14-15-7-8-18-16(12-15)5-3-10-20-18/h3,5,7-8,10,12,17,19H,2,4,6,9,11,13-14H2,1H3. The second-order valence-corrected chi connectivity index (χ2v) is 6.00. The van der Waals surface area contributed by atoms with E-state index in [0.717, 1.165) is 18.6 Å². The lowest BCUT2D eigenvalue weighted by Gasteiger charge is -2.34. The minimum Gasteiger partial charge on any atom is -0.315 e. The Bertz CT molecular complexity index is 575. The first kappa shape index (κ1) is 14.5. The molecule has 2 heterocycles. The fraction of sp³-hybridized carbons (Fsp3) is 0.500. The van der Waals surface area contributed by atoms with Gasteiger partial charge in [0.15, 0.2) is 0 Å². The molecule has 0 spiro atoms. The highest BCUT2D eigenvalue weighted by molar-refractivity contribution is 5.78. The smallest absolute Gasteiger partial charge is 0.0702 e. The number of fused-ring (bicyclic) bond motifs is 1. The number of nitrogens with zero attached hydrogens (tertiary/aromatic N) is 2. The maximum absolute atomic E-state index is 4.40. The maximum Gasteiger partial charge on any atom is 0.0702 e. The second-order valence-electron chi connectivity index (χ2n) is 6.00. The van der Waals surface area contributed by atoms with Crippen molar-refractivity contribution >= 4 is 10.9 Å². The van der Waals surface area contributed by atoms with Crippen LogP contribution in [0.1, 0.15) is 31.7 Å². The lowest BCUT2D eigenvalue weighted by molar-refractivity contribution is 0.158. The first-order chi connectivity index (χ1) is 10.4. The van der Waals surface area contributed by atoms with Gasteiger partial charge >= 0.3 is 0 Å². The summed E-state index contributed by atoms with van der Waals surface area (Å²) in [4.78, 5) is 7.05. The zero-order valence-corrected chi connectivity index (χ0v) is 12.9. The average Bonchev–Trinajstić information content (AvgIpc) is 2.55. The fourth-order valence-electron chi connectivity index (χ4n) is 3.28. The van der Waals surface area contributed by atoms with Crippen LogP contribution in [0.4, 0.5) is 0 Å². The van der Waals surface area contributed by atoms with Crippen molar-refractivity contribution in [1.82, 2.24) is 15.2 Å². The molecule has 0 radical (unpaired) electrons. The molecule has 0 saturated carbocycles. The van der Waals surface area contributed by atoms with Crippen LogP contribution in [0, 0.1) is 0 Å². The predicted octanol–water partition coefficient (Wildman–Crippen LogP) is 3.20. The molecule has 2 aromatic rings. The van der Waals surface area contributed by atoms with Gasteiger partial charge in [-0.25, -0.2) is 0 Å². The zero-order chi connectivity index (χ0) is 14.5. The van der Waals surface area contributed by atoms with Crippen LogP contribution in [-0.4, -0.2) is 35.6 Å². The molecule has 0 amide bonds. The molecule has 3 heteroatoms. The Hall–Kier alpha value is -1.45. The van der Waals surface area contributed by atoms with Crippen LogP contribution in [0.2, 0.25) is 0 Å². The number of piperidine rings is 1. The third kappa shape index (κ3) is 3.60. The van der Waals surface area contributed by atoms with Gasteiger partial charge in [0.2, 0.25) is 0 Å². The summed E-state index contributed by atoms with van der Waals surface area (Å²) in [5, 5.41) is 4.78. The van der Waals surface area contributed by atoms with Gasteiger partial charge in [0.05, 0.1) is 5.52 Å². The van der Waals surface area contributed by atoms with Crippen molar-refractivity contribution in [3.63, 3.8) is 0 Å². The molecule has 1 aliphatic rings. The second kappa shape index (κ2) is 7.01. The van der Waals surface area contributed by atoms with Crippen molar-refractivity contribution in [3.05, 3.63) is 42.1 Å². The third-order valence-corrected chi connectivity index (χ3v) is 4.35. The number of hydrogen-bond acceptors (Lipinski definition) is 3. The molecule has 1 aromatic heterocycles. The van der Waals surface area contributed by atoms with E-state index in [9.17, 15) is 0 Å². The van der Waals surface area contributed by atoms with Crippen LogP contribution in [0.25, 0.3) is 10.9 Å². The monoisotopic (exact) mass is 283 g/mol. The Morgan fingerprint density at radius 3 is 3.10 bits per heavy atom. The first-order valence-corrected chi connectivity index (χ1v) is 8.15. The number of nitrogens with one attached hydrogen (secondary N) is 1. The molecule has 3 rings (SSSR count). The highest BCUT2D eigenvalue weighted by Crippen LogP contribution is 2.18. The highest BCUT2D eigenvalue weighted by Gasteiger charge is 2.20. The summed E-state index contributed by atoms with van der Waals surface area (Å²) in [6.07, 6.45) is 5.69. The first-order valence-electron chi connectivity index (χ1n) is 8.15. The van der Waals surface area contributed by atoms with Gasteiger partial charge in [-0.05, 0) is 56.1 Å². The average molecular weight is 283 g/mol. The van der Waals surface area contributed by atoms with E-state index < -0.39 is 0 Å². The summed E-state index contributed by atoms with van der Waals surface area (Å²) in [5.74, 6) is 0. The maximum atomic E-state index is 4.40. The minimum absolute atomic E-state index is 0.684. The molecule has 112 valence electrons. The van der Waals surface area contributed by atoms with Gasteiger partial charge in [0.1, 0.15) is 0 Å². The molecule has 21 heavy (non-hydrogen) atoms. The summed E-state index contributed by atoms with van der Waals surface area (Å²) in [7, 11) is 0. The van der Waals surface area contributed by atoms with Crippen molar-refractivity contribution < 1.29 is 0 Å². The quantitative estimate of drug-likeness (QED) is 0.913. The number of aromatic nitrogens is 1. The van der Waals surface area contributed by atoms with Crippen LogP contribution in [0.5, 0.6) is 0 Å². The van der Waals surface area contributed by atoms with E-state index in [4.69, 9.17) is 0 Å². The van der Waals surface area contributed by atoms with E-state index in [2.05, 4.69) is 46.4 Å². The summed E-state index contributed by atoms with van der Waals surface area (Å²) >= 11 is 0. The van der Waals surface area contributed by atoms with E-state index in [0.29, 0.717) is 6.04 Å². The van der Waals surface area contributed by atoms with E-state index in [1.54, 1.807) is 0 Å². The van der Waals surface area contributed by atoms with Crippen LogP contribution in [0.3, 0.4) is 0 Å². The van der Waals surface area contributed by atoms with Gasteiger partial charge in [0.25, 0.3) is 0 Å². The lowest BCUT2D eigenvalue weighted by atomic mass is 10.0. The summed E-state index contributed by atoms with van der Waals surface area (Å²) in [6, 6.07) is 11.5. The van der Waals surface area contributed by atoms with Crippen LogP contribution in [-0.2, 0) is 6.54 Å². The molecule has 1 unspecified atom stereocenters. The Kier molecular flexibility index (Phi) is 4.84. The highest BCUT2D eigenvalue weighted by atomic mass is 15.2. The summed E-state index contributed by atoms with van der Waals surface area (Å²) in [6.45, 7) is 6.81. The fourth-order valence-corrected chi connectivity index (χ4v) is 3.28. The number of hydrogen-bond donors (Lipinski definition) is 1. The number of benzene rings is 1. The Labute approximate surface area is 127 Å². The molecule has 1 N–H and O–H groups in total. The van der Waals surface area contributed by atoms with Gasteiger partial charge < -0.3 is 5.32 Å². The van der Waals surface area contributed by atoms with Gasteiger partial charge in [-0.15, -0.1) is 0 Å². The van der Waals surface area contributed by atoms with Crippen LogP contribution < -0.4 is 5.32 Å². The molecule has 1 aromatic carbocycles. The van der Waals surface area contributed by atoms with E-state index in [1.807, 2.05) is 12.3 Å². The molecule has 1 atom stereocenters. The van der Waals surface area contributed by atoms with Gasteiger partial charge in [-0.1, -0.05) is 19.1 Å². The Morgan fingerprint density at radius 1 is 1.33 bits per heavy atom. The zero-order valence-electron chi connectivity index (χ0n) is 12.9. The molecule has 0 bridgehead atoms. The van der Waals surface area contributed by atoms with Crippen molar-refractivity contribution in [2.45, 2.75) is 38.8 Å². The Morgan fingerprint density at radius 2 is 2.29 bits per heavy atom. The molecule has 1 saturated heterocycles. The molecular weight excluding hydrogens is 258 g/mol. The summed E-state index contributed by atoms with van der Waals surface area (Å²) in [5.41, 5.74) is 2.48. The predicted molar refractivity (Wildman–Crippen MR) is 88.3 cm³/mol. The SMILES string of the molecule is CCCN(Cc1ccc2ncccc2c1)C1CCCNC1. The third-order valence-electron chi connectivity index (χ3n) is 4.35. The van der Waals surface area contributed by atoms with Crippen molar-refractivity contribution in [3.8, 4) is 0 Å². The van der Waals surface area contributed by atoms with E-state index >= 15 is 0 Å². The number of rotatable bonds is 5. The normalized spacial score (nSPS) is 19.2. The van der Waals surface area contributed by atoms with Crippen molar-refractivity contribution in [2.24, 2.45) is 0 Å². The summed E-state index contributed by atoms with van der Waals surface area (Å²) < 4.78 is 0. The topological polar surface area (TPSA) is 28.2 Å². The Balaban J connectivity index is 1.76. The van der Waals surface area contributed by atoms with Crippen molar-refractivity contribution in [1.29, 1.82) is 0 Å². The molecule has 3 nitrogen and oxygen atoms in total.